The molecule has 0 aliphatic heterocycles. The molecular formula is C17H24ClNO. The van der Waals surface area contributed by atoms with Gasteiger partial charge in [-0.25, -0.2) is 0 Å². The zero-order chi connectivity index (χ0) is 14.5. The molecule has 0 aromatic heterocycles. The molecule has 0 saturated heterocycles. The van der Waals surface area contributed by atoms with Crippen LogP contribution >= 0.6 is 11.6 Å². The van der Waals surface area contributed by atoms with Gasteiger partial charge in [-0.15, -0.1) is 11.6 Å². The van der Waals surface area contributed by atoms with Crippen LogP contribution in [-0.2, 0) is 12.8 Å². The Labute approximate surface area is 127 Å². The number of rotatable bonds is 6. The molecule has 20 heavy (non-hydrogen) atoms. The number of aryl methyl sites for hydroxylation is 2. The Morgan fingerprint density at radius 2 is 1.95 bits per heavy atom. The standard InChI is InChI=1S/C17H24ClNO/c1-3-16(4-2)19(11-10-18)17(20)15-9-8-13-6-5-7-14(13)12-15/h8-9,12,16H,3-7,10-11H2,1-2H3. The number of nitrogens with zero attached hydrogens (tertiary/aromatic N) is 1. The Morgan fingerprint density at radius 1 is 1.25 bits per heavy atom. The molecular weight excluding hydrogens is 270 g/mol. The zero-order valence-corrected chi connectivity index (χ0v) is 13.2. The lowest BCUT2D eigenvalue weighted by molar-refractivity contribution is 0.0681. The van der Waals surface area contributed by atoms with E-state index in [-0.39, 0.29) is 11.9 Å². The highest BCUT2D eigenvalue weighted by atomic mass is 35.5. The lowest BCUT2D eigenvalue weighted by atomic mass is 10.0. The van der Waals surface area contributed by atoms with Crippen LogP contribution in [0, 0.1) is 0 Å². The average molecular weight is 294 g/mol. The summed E-state index contributed by atoms with van der Waals surface area (Å²) in [7, 11) is 0. The first kappa shape index (κ1) is 15.4. The largest absolute Gasteiger partial charge is 0.334 e. The first-order valence-corrected chi connectivity index (χ1v) is 8.23. The van der Waals surface area contributed by atoms with Crippen molar-refractivity contribution in [3.05, 3.63) is 34.9 Å². The summed E-state index contributed by atoms with van der Waals surface area (Å²) in [6, 6.07) is 6.49. The van der Waals surface area contributed by atoms with E-state index in [9.17, 15) is 4.79 Å². The summed E-state index contributed by atoms with van der Waals surface area (Å²) in [6.07, 6.45) is 5.43. The highest BCUT2D eigenvalue weighted by Gasteiger charge is 2.23. The maximum absolute atomic E-state index is 12.8. The van der Waals surface area contributed by atoms with Crippen LogP contribution in [0.4, 0.5) is 0 Å². The Balaban J connectivity index is 2.22. The van der Waals surface area contributed by atoms with E-state index in [0.717, 1.165) is 31.2 Å². The number of benzene rings is 1. The molecule has 0 fully saturated rings. The van der Waals surface area contributed by atoms with Gasteiger partial charge in [-0.3, -0.25) is 4.79 Å². The molecule has 2 nitrogen and oxygen atoms in total. The average Bonchev–Trinajstić information content (AvgIpc) is 2.94. The molecule has 3 heteroatoms. The molecule has 1 aromatic rings. The predicted molar refractivity (Wildman–Crippen MR) is 84.6 cm³/mol. The van der Waals surface area contributed by atoms with E-state index in [2.05, 4.69) is 26.0 Å². The highest BCUT2D eigenvalue weighted by Crippen LogP contribution is 2.24. The molecule has 0 atom stereocenters. The van der Waals surface area contributed by atoms with Crippen LogP contribution in [0.3, 0.4) is 0 Å². The summed E-state index contributed by atoms with van der Waals surface area (Å²) in [5.74, 6) is 0.627. The Kier molecular flexibility index (Phi) is 5.47. The normalized spacial score (nSPS) is 13.6. The van der Waals surface area contributed by atoms with Crippen LogP contribution in [0.5, 0.6) is 0 Å². The molecule has 0 N–H and O–H groups in total. The van der Waals surface area contributed by atoms with E-state index < -0.39 is 0 Å². The van der Waals surface area contributed by atoms with Gasteiger partial charge in [-0.2, -0.15) is 0 Å². The SMILES string of the molecule is CCC(CC)N(CCCl)C(=O)c1ccc2c(c1)CCC2. The first-order chi connectivity index (χ1) is 9.71. The quantitative estimate of drug-likeness (QED) is 0.725. The molecule has 2 rings (SSSR count). The van der Waals surface area contributed by atoms with Crippen LogP contribution in [0.1, 0.15) is 54.6 Å². The smallest absolute Gasteiger partial charge is 0.254 e. The predicted octanol–water partition coefficient (Wildman–Crippen LogP) is 4.04. The maximum atomic E-state index is 12.8. The lowest BCUT2D eigenvalue weighted by Gasteiger charge is -2.30. The zero-order valence-electron chi connectivity index (χ0n) is 12.5. The summed E-state index contributed by atoms with van der Waals surface area (Å²) in [6.45, 7) is 4.89. The van der Waals surface area contributed by atoms with Gasteiger partial charge in [-0.1, -0.05) is 19.9 Å². The summed E-state index contributed by atoms with van der Waals surface area (Å²) >= 11 is 5.89. The van der Waals surface area contributed by atoms with Crippen molar-refractivity contribution in [2.45, 2.75) is 52.0 Å². The molecule has 0 heterocycles. The maximum Gasteiger partial charge on any atom is 0.254 e. The van der Waals surface area contributed by atoms with Crippen LogP contribution in [-0.4, -0.2) is 29.3 Å². The summed E-state index contributed by atoms with van der Waals surface area (Å²) in [4.78, 5) is 14.7. The number of fused-ring (bicyclic) bond motifs is 1. The summed E-state index contributed by atoms with van der Waals surface area (Å²) in [5.41, 5.74) is 3.59. The third kappa shape index (κ3) is 3.17. The molecule has 0 unspecified atom stereocenters. The fourth-order valence-corrected chi connectivity index (χ4v) is 3.32. The van der Waals surface area contributed by atoms with Crippen molar-refractivity contribution in [3.8, 4) is 0 Å². The molecule has 0 spiro atoms. The fraction of sp³-hybridized carbons (Fsp3) is 0.588. The van der Waals surface area contributed by atoms with E-state index in [0.29, 0.717) is 12.4 Å². The van der Waals surface area contributed by atoms with Gasteiger partial charge in [0.1, 0.15) is 0 Å². The lowest BCUT2D eigenvalue weighted by Crippen LogP contribution is -2.41. The van der Waals surface area contributed by atoms with E-state index in [1.807, 2.05) is 11.0 Å². The number of alkyl halides is 1. The molecule has 1 aliphatic rings. The molecule has 0 saturated carbocycles. The number of carbonyl (C=O) groups excluding carboxylic acids is 1. The number of hydrogen-bond acceptors (Lipinski definition) is 1. The van der Waals surface area contributed by atoms with Crippen LogP contribution in [0.15, 0.2) is 18.2 Å². The van der Waals surface area contributed by atoms with Crippen molar-refractivity contribution in [2.24, 2.45) is 0 Å². The van der Waals surface area contributed by atoms with Gasteiger partial charge in [0.05, 0.1) is 0 Å². The van der Waals surface area contributed by atoms with Crippen molar-refractivity contribution in [1.29, 1.82) is 0 Å². The van der Waals surface area contributed by atoms with Crippen molar-refractivity contribution in [1.82, 2.24) is 4.90 Å². The molecule has 0 bridgehead atoms. The van der Waals surface area contributed by atoms with Gasteiger partial charge in [0.2, 0.25) is 0 Å². The van der Waals surface area contributed by atoms with Gasteiger partial charge in [0.15, 0.2) is 0 Å². The van der Waals surface area contributed by atoms with Gasteiger partial charge in [-0.05, 0) is 55.4 Å². The number of carbonyl (C=O) groups is 1. The third-order valence-electron chi connectivity index (χ3n) is 4.31. The van der Waals surface area contributed by atoms with E-state index >= 15 is 0 Å². The highest BCUT2D eigenvalue weighted by molar-refractivity contribution is 6.18. The minimum absolute atomic E-state index is 0.133. The minimum Gasteiger partial charge on any atom is -0.334 e. The summed E-state index contributed by atoms with van der Waals surface area (Å²) < 4.78 is 0. The van der Waals surface area contributed by atoms with Gasteiger partial charge < -0.3 is 4.90 Å². The van der Waals surface area contributed by atoms with Gasteiger partial charge >= 0.3 is 0 Å². The van der Waals surface area contributed by atoms with Crippen molar-refractivity contribution in [2.75, 3.05) is 12.4 Å². The Hall–Kier alpha value is -1.02. The molecule has 0 radical (unpaired) electrons. The first-order valence-electron chi connectivity index (χ1n) is 7.70. The van der Waals surface area contributed by atoms with Crippen LogP contribution < -0.4 is 0 Å². The molecule has 110 valence electrons. The van der Waals surface area contributed by atoms with E-state index in [4.69, 9.17) is 11.6 Å². The number of hydrogen-bond donors (Lipinski definition) is 0. The molecule has 1 amide bonds. The van der Waals surface area contributed by atoms with Crippen molar-refractivity contribution < 1.29 is 4.79 Å². The molecule has 1 aromatic carbocycles. The second-order valence-electron chi connectivity index (χ2n) is 5.49. The molecule has 1 aliphatic carbocycles. The van der Waals surface area contributed by atoms with E-state index in [1.165, 1.54) is 17.5 Å². The van der Waals surface area contributed by atoms with Crippen molar-refractivity contribution in [3.63, 3.8) is 0 Å². The number of amides is 1. The fourth-order valence-electron chi connectivity index (χ4n) is 3.14. The van der Waals surface area contributed by atoms with Crippen molar-refractivity contribution >= 4 is 17.5 Å². The topological polar surface area (TPSA) is 20.3 Å². The monoisotopic (exact) mass is 293 g/mol. The van der Waals surface area contributed by atoms with E-state index in [1.54, 1.807) is 0 Å². The van der Waals surface area contributed by atoms with Crippen LogP contribution in [0.25, 0.3) is 0 Å². The van der Waals surface area contributed by atoms with Crippen LogP contribution in [0.2, 0.25) is 0 Å². The third-order valence-corrected chi connectivity index (χ3v) is 4.48. The van der Waals surface area contributed by atoms with Gasteiger partial charge in [0, 0.05) is 24.0 Å². The number of halogens is 1. The van der Waals surface area contributed by atoms with Gasteiger partial charge in [0.25, 0.3) is 5.91 Å². The summed E-state index contributed by atoms with van der Waals surface area (Å²) in [5, 5.41) is 0. The Bertz CT molecular complexity index is 468. The second-order valence-corrected chi connectivity index (χ2v) is 5.87. The minimum atomic E-state index is 0.133. The Morgan fingerprint density at radius 3 is 2.60 bits per heavy atom. The second kappa shape index (κ2) is 7.12.